The van der Waals surface area contributed by atoms with Gasteiger partial charge in [0.25, 0.3) is 0 Å². The van der Waals surface area contributed by atoms with Crippen LogP contribution in [0, 0.1) is 0 Å². The maximum atomic E-state index is 11.6. The van der Waals surface area contributed by atoms with Gasteiger partial charge in [-0.1, -0.05) is 29.3 Å². The highest BCUT2D eigenvalue weighted by Gasteiger charge is 2.29. The number of halogens is 2. The Hall–Kier alpha value is -0.730. The number of hydrogen-bond donors (Lipinski definition) is 1. The summed E-state index contributed by atoms with van der Waals surface area (Å²) in [6.07, 6.45) is 0. The van der Waals surface area contributed by atoms with Gasteiger partial charge in [0.1, 0.15) is 0 Å². The molecule has 0 aliphatic heterocycles. The largest absolute Gasteiger partial charge is 0.358 e. The van der Waals surface area contributed by atoms with Crippen LogP contribution in [0.4, 0.5) is 0 Å². The number of likely N-dealkylation sites (N-methyl/N-ethyl adjacent to an activating group) is 1. The number of benzene rings is 1. The number of amides is 1. The minimum absolute atomic E-state index is 0.0547. The van der Waals surface area contributed by atoms with Gasteiger partial charge in [0.15, 0.2) is 0 Å². The van der Waals surface area contributed by atoms with E-state index in [0.29, 0.717) is 10.0 Å². The van der Waals surface area contributed by atoms with Crippen LogP contribution in [0.15, 0.2) is 18.2 Å². The van der Waals surface area contributed by atoms with E-state index in [9.17, 15) is 4.79 Å². The van der Waals surface area contributed by atoms with Gasteiger partial charge in [-0.3, -0.25) is 4.79 Å². The molecule has 0 atom stereocenters. The van der Waals surface area contributed by atoms with Gasteiger partial charge in [-0.25, -0.2) is 0 Å². The first kappa shape index (κ1) is 12.3. The van der Waals surface area contributed by atoms with E-state index in [1.54, 1.807) is 19.2 Å². The van der Waals surface area contributed by atoms with Crippen LogP contribution in [0.25, 0.3) is 0 Å². The molecule has 1 amide bonds. The van der Waals surface area contributed by atoms with Gasteiger partial charge in [-0.05, 0) is 31.5 Å². The van der Waals surface area contributed by atoms with E-state index in [-0.39, 0.29) is 5.91 Å². The second-order valence-electron chi connectivity index (χ2n) is 3.83. The van der Waals surface area contributed by atoms with Crippen LogP contribution < -0.4 is 5.32 Å². The number of carbonyl (C=O) groups excluding carboxylic acids is 1. The van der Waals surface area contributed by atoms with Gasteiger partial charge in [-0.15, -0.1) is 0 Å². The van der Waals surface area contributed by atoms with Crippen molar-refractivity contribution < 1.29 is 4.79 Å². The Morgan fingerprint density at radius 1 is 1.27 bits per heavy atom. The fourth-order valence-corrected chi connectivity index (χ4v) is 1.63. The normalized spacial score (nSPS) is 11.3. The smallest absolute Gasteiger partial charge is 0.229 e. The Bertz CT molecular complexity index is 388. The maximum absolute atomic E-state index is 11.6. The molecule has 1 aromatic carbocycles. The van der Waals surface area contributed by atoms with E-state index in [0.717, 1.165) is 5.56 Å². The summed E-state index contributed by atoms with van der Waals surface area (Å²) < 4.78 is 0. The molecule has 15 heavy (non-hydrogen) atoms. The topological polar surface area (TPSA) is 29.1 Å². The molecule has 1 rings (SSSR count). The van der Waals surface area contributed by atoms with Crippen LogP contribution >= 0.6 is 23.2 Å². The first-order valence-corrected chi connectivity index (χ1v) is 5.33. The number of nitrogens with one attached hydrogen (secondary N) is 1. The maximum Gasteiger partial charge on any atom is 0.229 e. The van der Waals surface area contributed by atoms with Crippen molar-refractivity contribution in [1.29, 1.82) is 0 Å². The highest BCUT2D eigenvalue weighted by molar-refractivity contribution is 6.42. The second-order valence-corrected chi connectivity index (χ2v) is 4.65. The van der Waals surface area contributed by atoms with E-state index in [2.05, 4.69) is 5.32 Å². The van der Waals surface area contributed by atoms with Crippen LogP contribution in [0.2, 0.25) is 10.0 Å². The predicted octanol–water partition coefficient (Wildman–Crippen LogP) is 3.02. The van der Waals surface area contributed by atoms with Crippen molar-refractivity contribution in [3.8, 4) is 0 Å². The van der Waals surface area contributed by atoms with Crippen molar-refractivity contribution in [1.82, 2.24) is 5.32 Å². The van der Waals surface area contributed by atoms with E-state index in [1.807, 2.05) is 19.9 Å². The molecule has 0 saturated carbocycles. The molecule has 0 saturated heterocycles. The summed E-state index contributed by atoms with van der Waals surface area (Å²) in [5, 5.41) is 3.58. The Balaban J connectivity index is 3.16. The molecule has 4 heteroatoms. The van der Waals surface area contributed by atoms with Crippen molar-refractivity contribution in [2.75, 3.05) is 7.05 Å². The fourth-order valence-electron chi connectivity index (χ4n) is 1.33. The molecular weight excluding hydrogens is 233 g/mol. The third-order valence-corrected chi connectivity index (χ3v) is 3.18. The van der Waals surface area contributed by atoms with Crippen molar-refractivity contribution in [2.24, 2.45) is 0 Å². The van der Waals surface area contributed by atoms with Crippen LogP contribution in [-0.4, -0.2) is 13.0 Å². The van der Waals surface area contributed by atoms with Gasteiger partial charge in [0.05, 0.1) is 15.5 Å². The van der Waals surface area contributed by atoms with Crippen molar-refractivity contribution >= 4 is 29.1 Å². The molecule has 0 aromatic heterocycles. The molecule has 0 bridgehead atoms. The summed E-state index contributed by atoms with van der Waals surface area (Å²) >= 11 is 11.7. The highest BCUT2D eigenvalue weighted by Crippen LogP contribution is 2.29. The summed E-state index contributed by atoms with van der Waals surface area (Å²) in [5.41, 5.74) is 0.236. The van der Waals surface area contributed by atoms with Gasteiger partial charge in [0.2, 0.25) is 5.91 Å². The lowest BCUT2D eigenvalue weighted by Crippen LogP contribution is -2.37. The first-order chi connectivity index (χ1) is 6.89. The summed E-state index contributed by atoms with van der Waals surface area (Å²) in [7, 11) is 1.61. The predicted molar refractivity (Wildman–Crippen MR) is 63.6 cm³/mol. The molecular formula is C11H13Cl2NO. The minimum Gasteiger partial charge on any atom is -0.358 e. The molecule has 0 aliphatic carbocycles. The second kappa shape index (κ2) is 4.42. The third kappa shape index (κ3) is 2.44. The highest BCUT2D eigenvalue weighted by atomic mass is 35.5. The van der Waals surface area contributed by atoms with E-state index in [1.165, 1.54) is 0 Å². The van der Waals surface area contributed by atoms with Crippen LogP contribution in [0.1, 0.15) is 19.4 Å². The molecule has 1 N–H and O–H groups in total. The lowest BCUT2D eigenvalue weighted by atomic mass is 9.84. The summed E-state index contributed by atoms with van der Waals surface area (Å²) in [5.74, 6) is -0.0547. The summed E-state index contributed by atoms with van der Waals surface area (Å²) in [6, 6.07) is 5.23. The zero-order valence-corrected chi connectivity index (χ0v) is 10.4. The zero-order valence-electron chi connectivity index (χ0n) is 8.90. The van der Waals surface area contributed by atoms with E-state index < -0.39 is 5.41 Å². The monoisotopic (exact) mass is 245 g/mol. The Morgan fingerprint density at radius 2 is 1.87 bits per heavy atom. The first-order valence-electron chi connectivity index (χ1n) is 4.57. The SMILES string of the molecule is CNC(=O)C(C)(C)c1ccc(Cl)c(Cl)c1. The molecule has 2 nitrogen and oxygen atoms in total. The van der Waals surface area contributed by atoms with Gasteiger partial charge >= 0.3 is 0 Å². The number of rotatable bonds is 2. The molecule has 0 fully saturated rings. The molecule has 82 valence electrons. The lowest BCUT2D eigenvalue weighted by molar-refractivity contribution is -0.125. The van der Waals surface area contributed by atoms with Crippen LogP contribution in [-0.2, 0) is 10.2 Å². The molecule has 0 spiro atoms. The van der Waals surface area contributed by atoms with Crippen molar-refractivity contribution in [3.05, 3.63) is 33.8 Å². The fraction of sp³-hybridized carbons (Fsp3) is 0.364. The molecule has 0 heterocycles. The Labute approximate surface area is 99.6 Å². The molecule has 0 radical (unpaired) electrons. The van der Waals surface area contributed by atoms with Crippen LogP contribution in [0.5, 0.6) is 0 Å². The zero-order chi connectivity index (χ0) is 11.6. The summed E-state index contributed by atoms with van der Waals surface area (Å²) in [4.78, 5) is 11.6. The lowest BCUT2D eigenvalue weighted by Gasteiger charge is -2.23. The van der Waals surface area contributed by atoms with E-state index >= 15 is 0 Å². The quantitative estimate of drug-likeness (QED) is 0.853. The van der Waals surface area contributed by atoms with Gasteiger partial charge < -0.3 is 5.32 Å². The van der Waals surface area contributed by atoms with E-state index in [4.69, 9.17) is 23.2 Å². The van der Waals surface area contributed by atoms with Gasteiger partial charge in [0, 0.05) is 7.05 Å². The molecule has 0 aliphatic rings. The Kier molecular flexibility index (Phi) is 3.63. The number of hydrogen-bond acceptors (Lipinski definition) is 1. The number of carbonyl (C=O) groups is 1. The average Bonchev–Trinajstić information content (AvgIpc) is 2.20. The molecule has 0 unspecified atom stereocenters. The van der Waals surface area contributed by atoms with Gasteiger partial charge in [-0.2, -0.15) is 0 Å². The van der Waals surface area contributed by atoms with Crippen molar-refractivity contribution in [2.45, 2.75) is 19.3 Å². The Morgan fingerprint density at radius 3 is 2.33 bits per heavy atom. The standard InChI is InChI=1S/C11H13Cl2NO/c1-11(2,10(15)14-3)7-4-5-8(12)9(13)6-7/h4-6H,1-3H3,(H,14,15). The summed E-state index contributed by atoms with van der Waals surface area (Å²) in [6.45, 7) is 3.68. The average molecular weight is 246 g/mol. The third-order valence-electron chi connectivity index (χ3n) is 2.44. The van der Waals surface area contributed by atoms with Crippen LogP contribution in [0.3, 0.4) is 0 Å². The molecule has 1 aromatic rings. The minimum atomic E-state index is -0.608. The van der Waals surface area contributed by atoms with Crippen molar-refractivity contribution in [3.63, 3.8) is 0 Å².